The lowest BCUT2D eigenvalue weighted by Gasteiger charge is -2.33. The zero-order valence-corrected chi connectivity index (χ0v) is 16.2. The maximum Gasteiger partial charge on any atom is 0.241 e. The van der Waals surface area contributed by atoms with Crippen LogP contribution in [-0.2, 0) is 24.7 Å². The van der Waals surface area contributed by atoms with Gasteiger partial charge >= 0.3 is 0 Å². The molecule has 1 heterocycles. The Morgan fingerprint density at radius 3 is 2.20 bits per heavy atom. The van der Waals surface area contributed by atoms with Crippen molar-refractivity contribution >= 4 is 31.5 Å². The minimum absolute atomic E-state index is 0.0208. The zero-order chi connectivity index (χ0) is 18.8. The van der Waals surface area contributed by atoms with Gasteiger partial charge < -0.3 is 10.2 Å². The van der Waals surface area contributed by atoms with Gasteiger partial charge in [-0.3, -0.25) is 4.79 Å². The largest absolute Gasteiger partial charge is 0.376 e. The van der Waals surface area contributed by atoms with Gasteiger partial charge in [-0.25, -0.2) is 16.8 Å². The number of hydrogen-bond donors (Lipinski definition) is 1. The minimum Gasteiger partial charge on any atom is -0.376 e. The number of benzene rings is 1. The second-order valence-electron chi connectivity index (χ2n) is 6.15. The van der Waals surface area contributed by atoms with E-state index in [1.54, 1.807) is 11.0 Å². The van der Waals surface area contributed by atoms with Gasteiger partial charge in [-0.2, -0.15) is 4.31 Å². The van der Waals surface area contributed by atoms with Crippen LogP contribution in [-0.4, -0.2) is 77.2 Å². The van der Waals surface area contributed by atoms with Gasteiger partial charge in [0.15, 0.2) is 9.84 Å². The Balaban J connectivity index is 1.97. The maximum absolute atomic E-state index is 12.3. The van der Waals surface area contributed by atoms with Crippen LogP contribution in [0.4, 0.5) is 5.69 Å². The molecule has 1 aromatic carbocycles. The third kappa shape index (κ3) is 5.16. The number of carbonyl (C=O) groups excluding carboxylic acids is 1. The van der Waals surface area contributed by atoms with E-state index in [2.05, 4.69) is 5.32 Å². The van der Waals surface area contributed by atoms with Crippen LogP contribution in [0.3, 0.4) is 0 Å². The summed E-state index contributed by atoms with van der Waals surface area (Å²) in [5.74, 6) is -0.155. The Labute approximate surface area is 148 Å². The Morgan fingerprint density at radius 2 is 1.68 bits per heavy atom. The summed E-state index contributed by atoms with van der Waals surface area (Å²) < 4.78 is 47.6. The molecule has 0 unspecified atom stereocenters. The molecule has 1 aromatic rings. The van der Waals surface area contributed by atoms with Crippen molar-refractivity contribution in [2.24, 2.45) is 0 Å². The van der Waals surface area contributed by atoms with Crippen LogP contribution in [0.2, 0.25) is 0 Å². The van der Waals surface area contributed by atoms with Gasteiger partial charge in [0.25, 0.3) is 0 Å². The monoisotopic (exact) mass is 389 g/mol. The summed E-state index contributed by atoms with van der Waals surface area (Å²) in [6.45, 7) is 3.10. The molecule has 0 bridgehead atoms. The topological polar surface area (TPSA) is 104 Å². The Bertz CT molecular complexity index is 857. The second kappa shape index (κ2) is 7.30. The summed E-state index contributed by atoms with van der Waals surface area (Å²) in [4.78, 5) is 14.1. The summed E-state index contributed by atoms with van der Waals surface area (Å²) in [5.41, 5.74) is 1.42. The Morgan fingerprint density at radius 1 is 1.08 bits per heavy atom. The molecular weight excluding hydrogens is 366 g/mol. The van der Waals surface area contributed by atoms with Gasteiger partial charge in [0.05, 0.1) is 17.7 Å². The molecule has 0 atom stereocenters. The van der Waals surface area contributed by atoms with Gasteiger partial charge in [0.1, 0.15) is 0 Å². The Kier molecular flexibility index (Phi) is 5.75. The fourth-order valence-corrected chi connectivity index (χ4v) is 4.05. The molecule has 1 fully saturated rings. The molecule has 1 amide bonds. The fourth-order valence-electron chi connectivity index (χ4n) is 2.57. The number of anilines is 1. The standard InChI is InChI=1S/C15H23N3O5S2/c1-12-4-5-13(24(2,20)21)10-14(12)16-11-15(19)17-6-8-18(9-7-17)25(3,22)23/h4-5,10,16H,6-9,11H2,1-3H3. The molecule has 2 rings (SSSR count). The minimum atomic E-state index is -3.32. The van der Waals surface area contributed by atoms with Crippen LogP contribution in [0.15, 0.2) is 23.1 Å². The van der Waals surface area contributed by atoms with Crippen molar-refractivity contribution in [2.75, 3.05) is 50.6 Å². The third-order valence-electron chi connectivity index (χ3n) is 4.13. The lowest BCUT2D eigenvalue weighted by atomic mass is 10.2. The molecule has 1 aliphatic heterocycles. The number of rotatable bonds is 5. The van der Waals surface area contributed by atoms with Gasteiger partial charge in [0.2, 0.25) is 15.9 Å². The molecule has 8 nitrogen and oxygen atoms in total. The lowest BCUT2D eigenvalue weighted by molar-refractivity contribution is -0.130. The molecule has 10 heteroatoms. The molecule has 0 radical (unpaired) electrons. The highest BCUT2D eigenvalue weighted by Crippen LogP contribution is 2.20. The van der Waals surface area contributed by atoms with Crippen molar-refractivity contribution in [3.05, 3.63) is 23.8 Å². The first-order valence-electron chi connectivity index (χ1n) is 7.76. The number of aryl methyl sites for hydroxylation is 1. The van der Waals surface area contributed by atoms with Gasteiger partial charge in [-0.05, 0) is 24.6 Å². The number of sulfone groups is 1. The van der Waals surface area contributed by atoms with Crippen LogP contribution in [0.1, 0.15) is 5.56 Å². The number of sulfonamides is 1. The van der Waals surface area contributed by atoms with E-state index in [0.717, 1.165) is 18.1 Å². The summed E-state index contributed by atoms with van der Waals surface area (Å²) >= 11 is 0. The third-order valence-corrected chi connectivity index (χ3v) is 6.54. The van der Waals surface area contributed by atoms with Crippen molar-refractivity contribution in [2.45, 2.75) is 11.8 Å². The highest BCUT2D eigenvalue weighted by Gasteiger charge is 2.25. The van der Waals surface area contributed by atoms with Crippen LogP contribution in [0, 0.1) is 6.92 Å². The molecule has 0 saturated carbocycles. The number of carbonyl (C=O) groups is 1. The van der Waals surface area contributed by atoms with Crippen molar-refractivity contribution in [3.8, 4) is 0 Å². The van der Waals surface area contributed by atoms with Gasteiger partial charge in [-0.15, -0.1) is 0 Å². The molecule has 0 aromatic heterocycles. The van der Waals surface area contributed by atoms with E-state index >= 15 is 0 Å². The summed E-state index contributed by atoms with van der Waals surface area (Å²) in [6.07, 6.45) is 2.29. The molecule has 140 valence electrons. The average molecular weight is 389 g/mol. The summed E-state index contributed by atoms with van der Waals surface area (Å²) in [5, 5.41) is 2.98. The molecular formula is C15H23N3O5S2. The first-order valence-corrected chi connectivity index (χ1v) is 11.5. The SMILES string of the molecule is Cc1ccc(S(C)(=O)=O)cc1NCC(=O)N1CCN(S(C)(=O)=O)CC1. The first-order chi connectivity index (χ1) is 11.5. The van der Waals surface area contributed by atoms with Crippen LogP contribution in [0.25, 0.3) is 0 Å². The average Bonchev–Trinajstić information content (AvgIpc) is 2.52. The smallest absolute Gasteiger partial charge is 0.241 e. The van der Waals surface area contributed by atoms with Crippen molar-refractivity contribution < 1.29 is 21.6 Å². The number of piperazine rings is 1. The van der Waals surface area contributed by atoms with Gasteiger partial charge in [-0.1, -0.05) is 6.07 Å². The van der Waals surface area contributed by atoms with Crippen molar-refractivity contribution in [3.63, 3.8) is 0 Å². The highest BCUT2D eigenvalue weighted by atomic mass is 32.2. The highest BCUT2D eigenvalue weighted by molar-refractivity contribution is 7.90. The summed E-state index contributed by atoms with van der Waals surface area (Å²) in [6, 6.07) is 4.73. The number of hydrogen-bond acceptors (Lipinski definition) is 6. The molecule has 1 saturated heterocycles. The molecule has 25 heavy (non-hydrogen) atoms. The fraction of sp³-hybridized carbons (Fsp3) is 0.533. The first kappa shape index (κ1) is 19.7. The van der Waals surface area contributed by atoms with Crippen LogP contribution in [0.5, 0.6) is 0 Å². The van der Waals surface area contributed by atoms with Crippen LogP contribution < -0.4 is 5.32 Å². The molecule has 0 spiro atoms. The number of nitrogens with one attached hydrogen (secondary N) is 1. The maximum atomic E-state index is 12.3. The van der Waals surface area contributed by atoms with E-state index in [0.29, 0.717) is 18.8 Å². The normalized spacial score (nSPS) is 16.7. The second-order valence-corrected chi connectivity index (χ2v) is 10.1. The Hall–Kier alpha value is -1.65. The van der Waals surface area contributed by atoms with Gasteiger partial charge in [0, 0.05) is 38.1 Å². The molecule has 0 aliphatic carbocycles. The number of nitrogens with zero attached hydrogens (tertiary/aromatic N) is 2. The van der Waals surface area contributed by atoms with E-state index in [4.69, 9.17) is 0 Å². The van der Waals surface area contributed by atoms with E-state index in [1.807, 2.05) is 6.92 Å². The predicted molar refractivity (Wildman–Crippen MR) is 95.8 cm³/mol. The number of amides is 1. The van der Waals surface area contributed by atoms with E-state index < -0.39 is 19.9 Å². The van der Waals surface area contributed by atoms with Crippen molar-refractivity contribution in [1.82, 2.24) is 9.21 Å². The van der Waals surface area contributed by atoms with Crippen LogP contribution >= 0.6 is 0 Å². The molecule has 1 aliphatic rings. The van der Waals surface area contributed by atoms with E-state index in [1.165, 1.54) is 16.4 Å². The van der Waals surface area contributed by atoms with E-state index in [9.17, 15) is 21.6 Å². The lowest BCUT2D eigenvalue weighted by Crippen LogP contribution is -2.51. The quantitative estimate of drug-likeness (QED) is 0.755. The predicted octanol–water partition coefficient (Wildman–Crippen LogP) is -0.0858. The molecule has 1 N–H and O–H groups in total. The summed E-state index contributed by atoms with van der Waals surface area (Å²) in [7, 11) is -6.55. The zero-order valence-electron chi connectivity index (χ0n) is 14.5. The van der Waals surface area contributed by atoms with E-state index in [-0.39, 0.29) is 30.4 Å². The van der Waals surface area contributed by atoms with Crippen molar-refractivity contribution in [1.29, 1.82) is 0 Å².